The average molecular weight is 386 g/mol. The van der Waals surface area contributed by atoms with Gasteiger partial charge in [0, 0.05) is 33.9 Å². The Kier molecular flexibility index (Phi) is 6.71. The number of piperidine rings is 1. The number of aromatic nitrogens is 2. The van der Waals surface area contributed by atoms with Crippen molar-refractivity contribution in [2.45, 2.75) is 43.9 Å². The van der Waals surface area contributed by atoms with E-state index in [0.717, 1.165) is 57.6 Å². The minimum atomic E-state index is -3.33. The summed E-state index contributed by atoms with van der Waals surface area (Å²) >= 11 is 0. The van der Waals surface area contributed by atoms with E-state index in [4.69, 9.17) is 9.47 Å². The number of rotatable bonds is 10. The van der Waals surface area contributed by atoms with E-state index in [0.29, 0.717) is 25.0 Å². The summed E-state index contributed by atoms with van der Waals surface area (Å²) < 4.78 is 37.8. The van der Waals surface area contributed by atoms with E-state index in [1.807, 2.05) is 4.57 Å². The van der Waals surface area contributed by atoms with Crippen LogP contribution in [0.3, 0.4) is 0 Å². The molecule has 0 spiro atoms. The van der Waals surface area contributed by atoms with Gasteiger partial charge in [-0.3, -0.25) is 4.90 Å². The van der Waals surface area contributed by atoms with Crippen LogP contribution in [-0.2, 0) is 32.4 Å². The van der Waals surface area contributed by atoms with Crippen LogP contribution in [0.1, 0.15) is 31.4 Å². The van der Waals surface area contributed by atoms with Crippen LogP contribution in [0, 0.1) is 11.8 Å². The molecule has 1 aromatic rings. The summed E-state index contributed by atoms with van der Waals surface area (Å²) in [6.45, 7) is 4.57. The molecule has 0 N–H and O–H groups in total. The first-order valence-corrected chi connectivity index (χ1v) is 11.2. The first-order chi connectivity index (χ1) is 12.5. The topological polar surface area (TPSA) is 73.7 Å². The zero-order valence-corrected chi connectivity index (χ0v) is 16.7. The van der Waals surface area contributed by atoms with Gasteiger partial charge in [-0.05, 0) is 50.6 Å². The molecule has 0 atom stereocenters. The highest BCUT2D eigenvalue weighted by atomic mass is 32.2. The number of imidazole rings is 1. The molecule has 1 aromatic heterocycles. The van der Waals surface area contributed by atoms with Crippen LogP contribution in [0.25, 0.3) is 0 Å². The summed E-state index contributed by atoms with van der Waals surface area (Å²) in [5.41, 5.74) is 0.960. The molecule has 1 aliphatic heterocycles. The molecule has 2 fully saturated rings. The Morgan fingerprint density at radius 2 is 1.85 bits per heavy atom. The average Bonchev–Trinajstić information content (AvgIpc) is 3.32. The number of nitrogens with zero attached hydrogens (tertiary/aromatic N) is 3. The van der Waals surface area contributed by atoms with Crippen molar-refractivity contribution in [2.75, 3.05) is 46.3 Å². The van der Waals surface area contributed by atoms with Crippen molar-refractivity contribution in [3.8, 4) is 0 Å². The standard InChI is InChI=1S/C18H31N3O4S/c1-24-10-9-21-17(12-20-7-5-15(6-8-20)13-25-2)11-19-18(21)26(22,23)14-16-3-4-16/h11,15-16H,3-10,12-14H2,1-2H3. The lowest BCUT2D eigenvalue weighted by Gasteiger charge is -2.31. The second-order valence-corrected chi connectivity index (χ2v) is 9.50. The molecule has 3 rings (SSSR count). The number of ether oxygens (including phenoxy) is 2. The zero-order valence-electron chi connectivity index (χ0n) is 15.9. The molecule has 1 saturated carbocycles. The Balaban J connectivity index is 1.70. The molecule has 26 heavy (non-hydrogen) atoms. The fourth-order valence-corrected chi connectivity index (χ4v) is 5.49. The predicted molar refractivity (Wildman–Crippen MR) is 98.8 cm³/mol. The van der Waals surface area contributed by atoms with Gasteiger partial charge in [0.25, 0.3) is 0 Å². The van der Waals surface area contributed by atoms with Crippen molar-refractivity contribution in [2.24, 2.45) is 11.8 Å². The van der Waals surface area contributed by atoms with Crippen molar-refractivity contribution in [1.29, 1.82) is 0 Å². The van der Waals surface area contributed by atoms with E-state index in [-0.39, 0.29) is 10.9 Å². The van der Waals surface area contributed by atoms with E-state index < -0.39 is 9.84 Å². The molecule has 1 saturated heterocycles. The Bertz CT molecular complexity index is 677. The van der Waals surface area contributed by atoms with E-state index in [1.54, 1.807) is 20.4 Å². The van der Waals surface area contributed by atoms with Gasteiger partial charge in [0.05, 0.1) is 24.3 Å². The van der Waals surface area contributed by atoms with Crippen molar-refractivity contribution >= 4 is 9.84 Å². The molecule has 0 bridgehead atoms. The van der Waals surface area contributed by atoms with Crippen LogP contribution in [0.4, 0.5) is 0 Å². The summed E-state index contributed by atoms with van der Waals surface area (Å²) in [7, 11) is 0.0558. The second kappa shape index (κ2) is 8.82. The van der Waals surface area contributed by atoms with E-state index in [1.165, 1.54) is 0 Å². The largest absolute Gasteiger partial charge is 0.384 e. The number of likely N-dealkylation sites (tertiary alicyclic amines) is 1. The lowest BCUT2D eigenvalue weighted by molar-refractivity contribution is 0.0953. The van der Waals surface area contributed by atoms with Gasteiger partial charge in [0.1, 0.15) is 0 Å². The van der Waals surface area contributed by atoms with E-state index >= 15 is 0 Å². The monoisotopic (exact) mass is 385 g/mol. The van der Waals surface area contributed by atoms with Gasteiger partial charge in [-0.25, -0.2) is 13.4 Å². The molecule has 7 nitrogen and oxygen atoms in total. The van der Waals surface area contributed by atoms with E-state index in [9.17, 15) is 8.42 Å². The maximum atomic E-state index is 12.7. The molecular weight excluding hydrogens is 354 g/mol. The first-order valence-electron chi connectivity index (χ1n) is 9.51. The molecule has 8 heteroatoms. The lowest BCUT2D eigenvalue weighted by Crippen LogP contribution is -2.35. The summed E-state index contributed by atoms with van der Waals surface area (Å²) in [4.78, 5) is 6.68. The number of hydrogen-bond acceptors (Lipinski definition) is 6. The fraction of sp³-hybridized carbons (Fsp3) is 0.833. The van der Waals surface area contributed by atoms with Crippen molar-refractivity contribution in [1.82, 2.24) is 14.5 Å². The van der Waals surface area contributed by atoms with Crippen molar-refractivity contribution in [3.05, 3.63) is 11.9 Å². The molecular formula is C18H31N3O4S. The summed E-state index contributed by atoms with van der Waals surface area (Å²) in [6.07, 6.45) is 6.00. The Labute approximate surface area is 156 Å². The number of methoxy groups -OCH3 is 2. The molecule has 0 radical (unpaired) electrons. The first kappa shape index (κ1) is 19.8. The maximum Gasteiger partial charge on any atom is 0.227 e. The Hall–Kier alpha value is -0.960. The van der Waals surface area contributed by atoms with Crippen LogP contribution in [0.2, 0.25) is 0 Å². The molecule has 148 valence electrons. The molecule has 2 heterocycles. The summed E-state index contributed by atoms with van der Waals surface area (Å²) in [6, 6.07) is 0. The molecule has 2 aliphatic rings. The highest BCUT2D eigenvalue weighted by Gasteiger charge is 2.32. The third-order valence-corrected chi connectivity index (χ3v) is 7.14. The van der Waals surface area contributed by atoms with Gasteiger partial charge >= 0.3 is 0 Å². The molecule has 1 aliphatic carbocycles. The van der Waals surface area contributed by atoms with Gasteiger partial charge in [0.15, 0.2) is 0 Å². The van der Waals surface area contributed by atoms with Crippen LogP contribution in [-0.4, -0.2) is 69.1 Å². The minimum Gasteiger partial charge on any atom is -0.384 e. The Morgan fingerprint density at radius 3 is 2.46 bits per heavy atom. The van der Waals surface area contributed by atoms with Gasteiger partial charge < -0.3 is 14.0 Å². The molecule has 0 unspecified atom stereocenters. The normalized spacial score (nSPS) is 19.9. The van der Waals surface area contributed by atoms with Crippen LogP contribution >= 0.6 is 0 Å². The maximum absolute atomic E-state index is 12.7. The van der Waals surface area contributed by atoms with Crippen LogP contribution < -0.4 is 0 Å². The summed E-state index contributed by atoms with van der Waals surface area (Å²) in [5.74, 6) is 1.17. The van der Waals surface area contributed by atoms with Crippen molar-refractivity contribution in [3.63, 3.8) is 0 Å². The predicted octanol–water partition coefficient (Wildman–Crippen LogP) is 1.57. The zero-order chi connectivity index (χ0) is 18.6. The second-order valence-electron chi connectivity index (χ2n) is 7.58. The third-order valence-electron chi connectivity index (χ3n) is 5.35. The van der Waals surface area contributed by atoms with Crippen LogP contribution in [0.15, 0.2) is 11.4 Å². The molecule has 0 aromatic carbocycles. The smallest absolute Gasteiger partial charge is 0.227 e. The lowest BCUT2D eigenvalue weighted by atomic mass is 9.98. The Morgan fingerprint density at radius 1 is 1.12 bits per heavy atom. The van der Waals surface area contributed by atoms with E-state index in [2.05, 4.69) is 9.88 Å². The van der Waals surface area contributed by atoms with Crippen LogP contribution in [0.5, 0.6) is 0 Å². The quantitative estimate of drug-likeness (QED) is 0.609. The van der Waals surface area contributed by atoms with Gasteiger partial charge in [-0.2, -0.15) is 0 Å². The summed E-state index contributed by atoms with van der Waals surface area (Å²) in [5, 5.41) is 0.214. The fourth-order valence-electron chi connectivity index (χ4n) is 3.63. The molecule has 0 amide bonds. The highest BCUT2D eigenvalue weighted by Crippen LogP contribution is 2.32. The minimum absolute atomic E-state index is 0.214. The van der Waals surface area contributed by atoms with Gasteiger partial charge in [-0.15, -0.1) is 0 Å². The van der Waals surface area contributed by atoms with Crippen molar-refractivity contribution < 1.29 is 17.9 Å². The highest BCUT2D eigenvalue weighted by molar-refractivity contribution is 7.91. The number of sulfone groups is 1. The number of hydrogen-bond donors (Lipinski definition) is 0. The third kappa shape index (κ3) is 5.06. The SMILES string of the molecule is COCCn1c(CN2CCC(COC)CC2)cnc1S(=O)(=O)CC1CC1. The van der Waals surface area contributed by atoms with Gasteiger partial charge in [-0.1, -0.05) is 0 Å². The van der Waals surface area contributed by atoms with Gasteiger partial charge in [0.2, 0.25) is 15.0 Å².